The van der Waals surface area contributed by atoms with Gasteiger partial charge in [0.15, 0.2) is 0 Å². The SMILES string of the molecule is CCCC(C)N1CC2(CCN(C(=O)c3c(C)nn(CC)c3C)CC2)OC1=O. The van der Waals surface area contributed by atoms with Gasteiger partial charge in [0.2, 0.25) is 0 Å². The summed E-state index contributed by atoms with van der Waals surface area (Å²) in [6.45, 7) is 12.7. The molecule has 2 aliphatic rings. The quantitative estimate of drug-likeness (QED) is 0.792. The van der Waals surface area contributed by atoms with Crippen molar-refractivity contribution in [3.63, 3.8) is 0 Å². The summed E-state index contributed by atoms with van der Waals surface area (Å²) in [5.74, 6) is 0.0417. The minimum Gasteiger partial charge on any atom is -0.441 e. The Morgan fingerprint density at radius 3 is 2.48 bits per heavy atom. The van der Waals surface area contributed by atoms with E-state index in [0.717, 1.165) is 36.3 Å². The lowest BCUT2D eigenvalue weighted by Gasteiger charge is -2.37. The number of carbonyl (C=O) groups is 2. The van der Waals surface area contributed by atoms with Crippen molar-refractivity contribution in [3.05, 3.63) is 17.0 Å². The smallest absolute Gasteiger partial charge is 0.410 e. The molecule has 0 aromatic carbocycles. The van der Waals surface area contributed by atoms with Crippen molar-refractivity contribution in [2.75, 3.05) is 19.6 Å². The molecule has 2 amide bonds. The van der Waals surface area contributed by atoms with Crippen LogP contribution in [-0.2, 0) is 11.3 Å². The average Bonchev–Trinajstić information content (AvgIpc) is 3.11. The maximum atomic E-state index is 13.1. The van der Waals surface area contributed by atoms with Gasteiger partial charge in [0, 0.05) is 44.2 Å². The number of hydrogen-bond acceptors (Lipinski definition) is 4. The predicted molar refractivity (Wildman–Crippen MR) is 103 cm³/mol. The number of aryl methyl sites for hydroxylation is 2. The Hall–Kier alpha value is -2.05. The highest BCUT2D eigenvalue weighted by Crippen LogP contribution is 2.35. The Balaban J connectivity index is 1.66. The van der Waals surface area contributed by atoms with Crippen LogP contribution >= 0.6 is 0 Å². The van der Waals surface area contributed by atoms with Gasteiger partial charge in [0.05, 0.1) is 17.8 Å². The molecule has 2 saturated heterocycles. The Kier molecular flexibility index (Phi) is 5.49. The van der Waals surface area contributed by atoms with Gasteiger partial charge >= 0.3 is 6.09 Å². The van der Waals surface area contributed by atoms with Gasteiger partial charge in [-0.05, 0) is 34.1 Å². The summed E-state index contributed by atoms with van der Waals surface area (Å²) in [5.41, 5.74) is 1.99. The van der Waals surface area contributed by atoms with Crippen molar-refractivity contribution in [1.29, 1.82) is 0 Å². The van der Waals surface area contributed by atoms with Crippen molar-refractivity contribution >= 4 is 12.0 Å². The lowest BCUT2D eigenvalue weighted by Crippen LogP contribution is -2.49. The van der Waals surface area contributed by atoms with Crippen LogP contribution < -0.4 is 0 Å². The van der Waals surface area contributed by atoms with Crippen molar-refractivity contribution < 1.29 is 14.3 Å². The Morgan fingerprint density at radius 1 is 1.26 bits per heavy atom. The highest BCUT2D eigenvalue weighted by atomic mass is 16.6. The Labute approximate surface area is 161 Å². The van der Waals surface area contributed by atoms with Gasteiger partial charge in [0.25, 0.3) is 5.91 Å². The van der Waals surface area contributed by atoms with Gasteiger partial charge in [-0.1, -0.05) is 13.3 Å². The van der Waals surface area contributed by atoms with Gasteiger partial charge in [-0.15, -0.1) is 0 Å². The lowest BCUT2D eigenvalue weighted by atomic mass is 9.90. The number of nitrogens with zero attached hydrogens (tertiary/aromatic N) is 4. The number of hydrogen-bond donors (Lipinski definition) is 0. The zero-order chi connectivity index (χ0) is 19.8. The number of likely N-dealkylation sites (tertiary alicyclic amines) is 1. The minimum atomic E-state index is -0.437. The average molecular weight is 377 g/mol. The van der Waals surface area contributed by atoms with Crippen LogP contribution in [0.4, 0.5) is 4.79 Å². The second kappa shape index (κ2) is 7.52. The van der Waals surface area contributed by atoms with Gasteiger partial charge in [-0.25, -0.2) is 4.79 Å². The van der Waals surface area contributed by atoms with E-state index in [4.69, 9.17) is 4.74 Å². The summed E-state index contributed by atoms with van der Waals surface area (Å²) in [6.07, 6.45) is 3.21. The van der Waals surface area contributed by atoms with Gasteiger partial charge in [-0.3, -0.25) is 9.48 Å². The van der Waals surface area contributed by atoms with Crippen LogP contribution in [0.5, 0.6) is 0 Å². The number of rotatable bonds is 5. The summed E-state index contributed by atoms with van der Waals surface area (Å²) in [7, 11) is 0. The third-order valence-electron chi connectivity index (χ3n) is 6.09. The fourth-order valence-corrected chi connectivity index (χ4v) is 4.41. The fraction of sp³-hybridized carbons (Fsp3) is 0.750. The summed E-state index contributed by atoms with van der Waals surface area (Å²) in [4.78, 5) is 29.1. The topological polar surface area (TPSA) is 67.7 Å². The first kappa shape index (κ1) is 19.7. The maximum absolute atomic E-state index is 13.1. The van der Waals surface area contributed by atoms with E-state index in [1.807, 2.05) is 35.3 Å². The zero-order valence-corrected chi connectivity index (χ0v) is 17.2. The second-order valence-electron chi connectivity index (χ2n) is 7.97. The molecule has 0 saturated carbocycles. The number of carbonyl (C=O) groups excluding carboxylic acids is 2. The van der Waals surface area contributed by atoms with E-state index in [2.05, 4.69) is 18.9 Å². The van der Waals surface area contributed by atoms with E-state index in [1.165, 1.54) is 0 Å². The van der Waals surface area contributed by atoms with Gasteiger partial charge in [-0.2, -0.15) is 5.10 Å². The van der Waals surface area contributed by atoms with E-state index in [0.29, 0.717) is 32.5 Å². The monoisotopic (exact) mass is 376 g/mol. The van der Waals surface area contributed by atoms with E-state index in [-0.39, 0.29) is 18.0 Å². The summed E-state index contributed by atoms with van der Waals surface area (Å²) < 4.78 is 7.68. The molecule has 0 radical (unpaired) electrons. The van der Waals surface area contributed by atoms with Gasteiger partial charge < -0.3 is 14.5 Å². The largest absolute Gasteiger partial charge is 0.441 e. The Bertz CT molecular complexity index is 719. The van der Waals surface area contributed by atoms with E-state index < -0.39 is 5.60 Å². The molecular formula is C20H32N4O3. The number of aromatic nitrogens is 2. The molecule has 0 aliphatic carbocycles. The summed E-state index contributed by atoms with van der Waals surface area (Å²) >= 11 is 0. The summed E-state index contributed by atoms with van der Waals surface area (Å²) in [6, 6.07) is 0.201. The fourth-order valence-electron chi connectivity index (χ4n) is 4.41. The predicted octanol–water partition coefficient (Wildman–Crippen LogP) is 3.14. The highest BCUT2D eigenvalue weighted by Gasteiger charge is 2.48. The summed E-state index contributed by atoms with van der Waals surface area (Å²) in [5, 5.41) is 4.47. The molecule has 3 rings (SSSR count). The molecule has 27 heavy (non-hydrogen) atoms. The van der Waals surface area contributed by atoms with E-state index in [9.17, 15) is 9.59 Å². The van der Waals surface area contributed by atoms with Crippen LogP contribution in [0.2, 0.25) is 0 Å². The molecule has 1 aromatic rings. The van der Waals surface area contributed by atoms with Crippen LogP contribution in [0.25, 0.3) is 0 Å². The van der Waals surface area contributed by atoms with E-state index >= 15 is 0 Å². The van der Waals surface area contributed by atoms with Crippen molar-refractivity contribution in [1.82, 2.24) is 19.6 Å². The number of piperidine rings is 1. The van der Waals surface area contributed by atoms with Crippen molar-refractivity contribution in [2.45, 2.75) is 78.5 Å². The van der Waals surface area contributed by atoms with Crippen LogP contribution in [0, 0.1) is 13.8 Å². The first-order valence-electron chi connectivity index (χ1n) is 10.1. The first-order valence-corrected chi connectivity index (χ1v) is 10.1. The standard InChI is InChI=1S/C20H32N4O3/c1-6-8-14(3)23-13-20(27-19(23)26)9-11-22(12-10-20)18(25)17-15(4)21-24(7-2)16(17)5/h14H,6-13H2,1-5H3. The molecule has 7 nitrogen and oxygen atoms in total. The molecule has 1 atom stereocenters. The lowest BCUT2D eigenvalue weighted by molar-refractivity contribution is 0.00303. The molecule has 3 heterocycles. The van der Waals surface area contributed by atoms with Crippen molar-refractivity contribution in [2.24, 2.45) is 0 Å². The second-order valence-corrected chi connectivity index (χ2v) is 7.97. The highest BCUT2D eigenvalue weighted by molar-refractivity contribution is 5.96. The number of amides is 2. The zero-order valence-electron chi connectivity index (χ0n) is 17.2. The molecular weight excluding hydrogens is 344 g/mol. The van der Waals surface area contributed by atoms with Crippen molar-refractivity contribution in [3.8, 4) is 0 Å². The van der Waals surface area contributed by atoms with Gasteiger partial charge in [0.1, 0.15) is 5.60 Å². The number of ether oxygens (including phenoxy) is 1. The van der Waals surface area contributed by atoms with Crippen LogP contribution in [-0.4, -0.2) is 62.9 Å². The van der Waals surface area contributed by atoms with E-state index in [1.54, 1.807) is 0 Å². The van der Waals surface area contributed by atoms with Crippen LogP contribution in [0.15, 0.2) is 0 Å². The maximum Gasteiger partial charge on any atom is 0.410 e. The molecule has 1 aromatic heterocycles. The molecule has 150 valence electrons. The molecule has 0 bridgehead atoms. The third-order valence-corrected chi connectivity index (χ3v) is 6.09. The van der Waals surface area contributed by atoms with Crippen LogP contribution in [0.1, 0.15) is 68.2 Å². The normalized spacial score (nSPS) is 20.3. The first-order chi connectivity index (χ1) is 12.8. The molecule has 1 spiro atoms. The van der Waals surface area contributed by atoms with Crippen LogP contribution in [0.3, 0.4) is 0 Å². The molecule has 2 fully saturated rings. The molecule has 0 N–H and O–H groups in total. The molecule has 2 aliphatic heterocycles. The Morgan fingerprint density at radius 2 is 1.93 bits per heavy atom. The minimum absolute atomic E-state index is 0.0417. The third kappa shape index (κ3) is 3.56. The molecule has 1 unspecified atom stereocenters. The molecule has 7 heteroatoms.